The van der Waals surface area contributed by atoms with Crippen LogP contribution < -0.4 is 19.8 Å². The molecule has 0 radical (unpaired) electrons. The number of aromatic amines is 1. The van der Waals surface area contributed by atoms with Crippen LogP contribution in [-0.2, 0) is 19.6 Å². The molecule has 0 bridgehead atoms. The van der Waals surface area contributed by atoms with E-state index in [0.29, 0.717) is 61.3 Å². The average molecular weight is 543 g/mol. The van der Waals surface area contributed by atoms with Gasteiger partial charge in [0.25, 0.3) is 5.56 Å². The molecule has 4 heterocycles. The predicted molar refractivity (Wildman–Crippen MR) is 146 cm³/mol. The maximum Gasteiger partial charge on any atom is 0.252 e. The summed E-state index contributed by atoms with van der Waals surface area (Å²) in [5.41, 5.74) is 2.24. The van der Waals surface area contributed by atoms with Gasteiger partial charge in [-0.15, -0.1) is 5.10 Å². The lowest BCUT2D eigenvalue weighted by molar-refractivity contribution is 0.161. The van der Waals surface area contributed by atoms with Crippen LogP contribution in [0.4, 0.5) is 0 Å². The summed E-state index contributed by atoms with van der Waals surface area (Å²) in [7, 11) is 1.65. The van der Waals surface area contributed by atoms with E-state index in [2.05, 4.69) is 32.3 Å². The Morgan fingerprint density at radius 1 is 1.07 bits per heavy atom. The molecule has 1 atom stereocenters. The summed E-state index contributed by atoms with van der Waals surface area (Å²) in [5, 5.41) is 13.5. The summed E-state index contributed by atoms with van der Waals surface area (Å²) < 4.78 is 24.1. The number of ether oxygens (including phenoxy) is 3. The second-order valence-electron chi connectivity index (χ2n) is 9.66. The number of rotatable bonds is 10. The number of benzene rings is 2. The Morgan fingerprint density at radius 2 is 1.88 bits per heavy atom. The fourth-order valence-electron chi connectivity index (χ4n) is 5.08. The molecule has 3 aromatic heterocycles. The number of tetrazole rings is 1. The van der Waals surface area contributed by atoms with Crippen molar-refractivity contribution in [2.45, 2.75) is 39.0 Å². The maximum absolute atomic E-state index is 13.3. The highest BCUT2D eigenvalue weighted by Crippen LogP contribution is 2.34. The van der Waals surface area contributed by atoms with Gasteiger partial charge in [-0.3, -0.25) is 9.69 Å². The van der Waals surface area contributed by atoms with Gasteiger partial charge in [0.15, 0.2) is 17.3 Å². The first-order valence-corrected chi connectivity index (χ1v) is 13.2. The summed E-state index contributed by atoms with van der Waals surface area (Å²) in [5.74, 6) is 3.55. The second-order valence-corrected chi connectivity index (χ2v) is 9.66. The SMILES string of the molecule is CC[C@H](c1nnnn1Cc1ccco1)N(Cc1ccc(OC)cc1)Cc1cc2cc3c(cc2[nH]c1=O)OCCO3. The standard InChI is InChI=1S/C29H30N6O5/c1-3-25(28-31-32-33-35(28)18-23-5-4-10-38-23)34(16-19-6-8-22(37-2)9-7-19)17-21-13-20-14-26-27(40-12-11-39-26)15-24(20)30-29(21)36/h4-10,13-15,25H,3,11-12,16-18H2,1-2H3,(H,30,36)/t25-/m1/s1. The van der Waals surface area contributed by atoms with E-state index in [9.17, 15) is 4.79 Å². The van der Waals surface area contributed by atoms with Crippen LogP contribution in [0.15, 0.2) is 70.1 Å². The van der Waals surface area contributed by atoms with E-state index in [1.165, 1.54) is 0 Å². The van der Waals surface area contributed by atoms with Crippen molar-refractivity contribution in [2.24, 2.45) is 0 Å². The van der Waals surface area contributed by atoms with E-state index in [1.807, 2.05) is 54.6 Å². The highest BCUT2D eigenvalue weighted by atomic mass is 16.6. The minimum absolute atomic E-state index is 0.158. The molecule has 1 aliphatic rings. The molecule has 40 heavy (non-hydrogen) atoms. The monoisotopic (exact) mass is 542 g/mol. The first-order chi connectivity index (χ1) is 19.6. The molecule has 11 nitrogen and oxygen atoms in total. The zero-order valence-electron chi connectivity index (χ0n) is 22.4. The molecule has 0 amide bonds. The molecule has 0 unspecified atom stereocenters. The lowest BCUT2D eigenvalue weighted by Crippen LogP contribution is -2.32. The molecule has 0 saturated carbocycles. The van der Waals surface area contributed by atoms with Crippen molar-refractivity contribution < 1.29 is 18.6 Å². The number of fused-ring (bicyclic) bond motifs is 2. The van der Waals surface area contributed by atoms with Crippen molar-refractivity contribution in [2.75, 3.05) is 20.3 Å². The average Bonchev–Trinajstić information content (AvgIpc) is 3.66. The zero-order chi connectivity index (χ0) is 27.5. The van der Waals surface area contributed by atoms with Crippen molar-refractivity contribution >= 4 is 10.9 Å². The van der Waals surface area contributed by atoms with Gasteiger partial charge in [-0.05, 0) is 58.8 Å². The van der Waals surface area contributed by atoms with E-state index in [4.69, 9.17) is 18.6 Å². The lowest BCUT2D eigenvalue weighted by atomic mass is 10.1. The van der Waals surface area contributed by atoms with Crippen LogP contribution >= 0.6 is 0 Å². The molecule has 206 valence electrons. The summed E-state index contributed by atoms with van der Waals surface area (Å²) in [6.07, 6.45) is 2.35. The molecule has 6 rings (SSSR count). The Morgan fingerprint density at radius 3 is 2.60 bits per heavy atom. The quantitative estimate of drug-likeness (QED) is 0.278. The number of nitrogens with one attached hydrogen (secondary N) is 1. The van der Waals surface area contributed by atoms with Gasteiger partial charge in [-0.25, -0.2) is 4.68 Å². The second kappa shape index (κ2) is 11.2. The van der Waals surface area contributed by atoms with Crippen LogP contribution in [0.1, 0.15) is 42.1 Å². The largest absolute Gasteiger partial charge is 0.497 e. The van der Waals surface area contributed by atoms with Gasteiger partial charge < -0.3 is 23.6 Å². The summed E-state index contributed by atoms with van der Waals surface area (Å²) >= 11 is 0. The molecular formula is C29H30N6O5. The number of hydrogen-bond donors (Lipinski definition) is 1. The maximum atomic E-state index is 13.3. The van der Waals surface area contributed by atoms with Gasteiger partial charge in [-0.1, -0.05) is 19.1 Å². The Bertz CT molecular complexity index is 1640. The minimum atomic E-state index is -0.178. The fourth-order valence-corrected chi connectivity index (χ4v) is 5.08. The van der Waals surface area contributed by atoms with Crippen molar-refractivity contribution in [1.82, 2.24) is 30.1 Å². The lowest BCUT2D eigenvalue weighted by Gasteiger charge is -2.30. The topological polar surface area (TPSA) is 121 Å². The summed E-state index contributed by atoms with van der Waals surface area (Å²) in [6, 6.07) is 17.1. The van der Waals surface area contributed by atoms with Crippen LogP contribution in [-0.4, -0.2) is 50.4 Å². The molecule has 2 aromatic carbocycles. The van der Waals surface area contributed by atoms with Gasteiger partial charge in [0.2, 0.25) is 0 Å². The highest BCUT2D eigenvalue weighted by Gasteiger charge is 2.27. The predicted octanol–water partition coefficient (Wildman–Crippen LogP) is 4.09. The number of nitrogens with zero attached hydrogens (tertiary/aromatic N) is 5. The molecule has 0 saturated heterocycles. The van der Waals surface area contributed by atoms with Crippen LogP contribution in [0, 0.1) is 0 Å². The van der Waals surface area contributed by atoms with E-state index in [0.717, 1.165) is 28.9 Å². The third kappa shape index (κ3) is 5.28. The van der Waals surface area contributed by atoms with Crippen molar-refractivity contribution in [1.29, 1.82) is 0 Å². The Balaban J connectivity index is 1.36. The Labute approximate surface area is 230 Å². The molecule has 0 spiro atoms. The Hall–Kier alpha value is -4.64. The molecule has 0 fully saturated rings. The van der Waals surface area contributed by atoms with Gasteiger partial charge in [0.05, 0.1) is 24.9 Å². The van der Waals surface area contributed by atoms with Gasteiger partial charge in [0, 0.05) is 30.1 Å². The van der Waals surface area contributed by atoms with Crippen LogP contribution in [0.5, 0.6) is 17.2 Å². The fraction of sp³-hybridized carbons (Fsp3) is 0.310. The van der Waals surface area contributed by atoms with Gasteiger partial charge in [0.1, 0.15) is 31.3 Å². The van der Waals surface area contributed by atoms with E-state index < -0.39 is 0 Å². The van der Waals surface area contributed by atoms with Crippen molar-refractivity contribution in [3.63, 3.8) is 0 Å². The minimum Gasteiger partial charge on any atom is -0.497 e. The first kappa shape index (κ1) is 25.6. The smallest absolute Gasteiger partial charge is 0.252 e. The van der Waals surface area contributed by atoms with Crippen molar-refractivity contribution in [3.05, 3.63) is 93.9 Å². The van der Waals surface area contributed by atoms with Crippen LogP contribution in [0.25, 0.3) is 10.9 Å². The number of aromatic nitrogens is 5. The number of H-pyrrole nitrogens is 1. The number of hydrogen-bond acceptors (Lipinski definition) is 9. The zero-order valence-corrected chi connectivity index (χ0v) is 22.4. The summed E-state index contributed by atoms with van der Waals surface area (Å²) in [4.78, 5) is 18.6. The normalized spacial score (nSPS) is 13.6. The van der Waals surface area contributed by atoms with Crippen molar-refractivity contribution in [3.8, 4) is 17.2 Å². The molecular weight excluding hydrogens is 512 g/mol. The van der Waals surface area contributed by atoms with E-state index in [-0.39, 0.29) is 11.6 Å². The number of methoxy groups -OCH3 is 1. The molecule has 0 aliphatic carbocycles. The molecule has 11 heteroatoms. The summed E-state index contributed by atoms with van der Waals surface area (Å²) in [6.45, 7) is 4.42. The van der Waals surface area contributed by atoms with E-state index in [1.54, 1.807) is 18.1 Å². The molecule has 5 aromatic rings. The van der Waals surface area contributed by atoms with E-state index >= 15 is 0 Å². The van der Waals surface area contributed by atoms with Gasteiger partial charge in [-0.2, -0.15) is 0 Å². The third-order valence-electron chi connectivity index (χ3n) is 7.07. The molecule has 1 aliphatic heterocycles. The van der Waals surface area contributed by atoms with Crippen LogP contribution in [0.2, 0.25) is 0 Å². The highest BCUT2D eigenvalue weighted by molar-refractivity contribution is 5.83. The third-order valence-corrected chi connectivity index (χ3v) is 7.07. The first-order valence-electron chi connectivity index (χ1n) is 13.2. The number of pyridine rings is 1. The Kier molecular flexibility index (Phi) is 7.19. The van der Waals surface area contributed by atoms with Gasteiger partial charge >= 0.3 is 0 Å². The van der Waals surface area contributed by atoms with Crippen LogP contribution in [0.3, 0.4) is 0 Å². The number of furan rings is 1. The molecule has 1 N–H and O–H groups in total.